The van der Waals surface area contributed by atoms with E-state index in [1.165, 1.54) is 12.1 Å². The first-order valence-electron chi connectivity index (χ1n) is 8.58. The largest absolute Gasteiger partial charge is 0.506 e. The topological polar surface area (TPSA) is 66.8 Å². The Kier molecular flexibility index (Phi) is 7.61. The van der Waals surface area contributed by atoms with Gasteiger partial charge in [0.15, 0.2) is 0 Å². The summed E-state index contributed by atoms with van der Waals surface area (Å²) < 4.78 is 5.71. The van der Waals surface area contributed by atoms with Crippen LogP contribution in [-0.2, 0) is 6.42 Å². The number of hydrogen-bond donors (Lipinski definition) is 2. The Bertz CT molecular complexity index is 775. The van der Waals surface area contributed by atoms with Crippen LogP contribution in [0.5, 0.6) is 11.5 Å². The number of benzene rings is 2. The molecule has 0 aliphatic heterocycles. The van der Waals surface area contributed by atoms with Crippen molar-refractivity contribution in [2.45, 2.75) is 39.0 Å². The van der Waals surface area contributed by atoms with Crippen LogP contribution in [0.3, 0.4) is 0 Å². The lowest BCUT2D eigenvalue weighted by atomic mass is 10.0. The molecule has 26 heavy (non-hydrogen) atoms. The molecule has 2 rings (SSSR count). The standard InChI is InChI=1S/C20H22Cl2O4/c1-2-3-4-5-8-26-18-10-13(6-7-16(18)20(24)25)9-14-11-15(21)12-17(22)19(14)23/h6-7,10-12,23H,2-5,8-9H2,1H3,(H,24,25). The summed E-state index contributed by atoms with van der Waals surface area (Å²) >= 11 is 12.0. The van der Waals surface area contributed by atoms with E-state index in [1.54, 1.807) is 18.2 Å². The highest BCUT2D eigenvalue weighted by Crippen LogP contribution is 2.33. The van der Waals surface area contributed by atoms with Gasteiger partial charge in [0.25, 0.3) is 0 Å². The van der Waals surface area contributed by atoms with Crippen LogP contribution < -0.4 is 4.74 Å². The van der Waals surface area contributed by atoms with Crippen molar-refractivity contribution in [1.29, 1.82) is 0 Å². The fourth-order valence-corrected chi connectivity index (χ4v) is 3.19. The van der Waals surface area contributed by atoms with Gasteiger partial charge >= 0.3 is 5.97 Å². The lowest BCUT2D eigenvalue weighted by molar-refractivity contribution is 0.0692. The molecule has 0 fully saturated rings. The molecule has 0 atom stereocenters. The van der Waals surface area contributed by atoms with Gasteiger partial charge in [0, 0.05) is 17.0 Å². The highest BCUT2D eigenvalue weighted by atomic mass is 35.5. The van der Waals surface area contributed by atoms with Gasteiger partial charge in [-0.05, 0) is 36.2 Å². The van der Waals surface area contributed by atoms with Gasteiger partial charge in [0.2, 0.25) is 0 Å². The smallest absolute Gasteiger partial charge is 0.339 e. The summed E-state index contributed by atoms with van der Waals surface area (Å²) in [6.45, 7) is 2.60. The van der Waals surface area contributed by atoms with Crippen LogP contribution in [0.25, 0.3) is 0 Å². The highest BCUT2D eigenvalue weighted by Gasteiger charge is 2.14. The van der Waals surface area contributed by atoms with Crippen LogP contribution in [0, 0.1) is 0 Å². The summed E-state index contributed by atoms with van der Waals surface area (Å²) in [4.78, 5) is 11.4. The number of aromatic carboxylic acids is 1. The summed E-state index contributed by atoms with van der Waals surface area (Å²) in [6.07, 6.45) is 4.54. The number of carbonyl (C=O) groups is 1. The molecular formula is C20H22Cl2O4. The van der Waals surface area contributed by atoms with Crippen LogP contribution in [0.4, 0.5) is 0 Å². The predicted molar refractivity (Wildman–Crippen MR) is 104 cm³/mol. The Morgan fingerprint density at radius 3 is 2.58 bits per heavy atom. The molecule has 140 valence electrons. The fraction of sp³-hybridized carbons (Fsp3) is 0.350. The molecule has 6 heteroatoms. The van der Waals surface area contributed by atoms with E-state index >= 15 is 0 Å². The lowest BCUT2D eigenvalue weighted by Crippen LogP contribution is -2.05. The van der Waals surface area contributed by atoms with E-state index in [0.29, 0.717) is 29.4 Å². The number of unbranched alkanes of at least 4 members (excludes halogenated alkanes) is 3. The van der Waals surface area contributed by atoms with E-state index in [-0.39, 0.29) is 16.3 Å². The lowest BCUT2D eigenvalue weighted by Gasteiger charge is -2.12. The van der Waals surface area contributed by atoms with Gasteiger partial charge in [0.05, 0.1) is 11.6 Å². The summed E-state index contributed by atoms with van der Waals surface area (Å²) in [7, 11) is 0. The van der Waals surface area contributed by atoms with Crippen LogP contribution in [0.1, 0.15) is 54.1 Å². The third-order valence-electron chi connectivity index (χ3n) is 4.03. The zero-order valence-corrected chi connectivity index (χ0v) is 16.1. The van der Waals surface area contributed by atoms with Gasteiger partial charge in [-0.15, -0.1) is 0 Å². The van der Waals surface area contributed by atoms with Crippen molar-refractivity contribution in [3.63, 3.8) is 0 Å². The van der Waals surface area contributed by atoms with Crippen molar-refractivity contribution >= 4 is 29.2 Å². The van der Waals surface area contributed by atoms with Crippen LogP contribution >= 0.6 is 23.2 Å². The second-order valence-electron chi connectivity index (χ2n) is 6.12. The maximum atomic E-state index is 11.4. The zero-order chi connectivity index (χ0) is 19.1. The first-order valence-corrected chi connectivity index (χ1v) is 9.33. The van der Waals surface area contributed by atoms with Crippen molar-refractivity contribution in [2.24, 2.45) is 0 Å². The molecule has 2 N–H and O–H groups in total. The Morgan fingerprint density at radius 2 is 1.88 bits per heavy atom. The molecule has 0 amide bonds. The molecule has 0 aromatic heterocycles. The monoisotopic (exact) mass is 396 g/mol. The molecule has 0 aliphatic rings. The molecule has 0 radical (unpaired) electrons. The molecule has 2 aromatic carbocycles. The molecule has 0 unspecified atom stereocenters. The minimum Gasteiger partial charge on any atom is -0.506 e. The van der Waals surface area contributed by atoms with E-state index in [9.17, 15) is 15.0 Å². The minimum atomic E-state index is -1.03. The van der Waals surface area contributed by atoms with Gasteiger partial charge < -0.3 is 14.9 Å². The summed E-state index contributed by atoms with van der Waals surface area (Å²) in [6, 6.07) is 8.01. The fourth-order valence-electron chi connectivity index (χ4n) is 2.66. The molecule has 2 aromatic rings. The van der Waals surface area contributed by atoms with E-state index in [1.807, 2.05) is 0 Å². The van der Waals surface area contributed by atoms with Crippen molar-refractivity contribution in [3.05, 3.63) is 57.1 Å². The van der Waals surface area contributed by atoms with Crippen LogP contribution in [0.2, 0.25) is 10.0 Å². The molecule has 0 saturated carbocycles. The first-order chi connectivity index (χ1) is 12.4. The zero-order valence-electron chi connectivity index (χ0n) is 14.6. The first kappa shape index (κ1) is 20.4. The normalized spacial score (nSPS) is 10.7. The van der Waals surface area contributed by atoms with Gasteiger partial charge in [-0.25, -0.2) is 4.79 Å². The summed E-state index contributed by atoms with van der Waals surface area (Å²) in [5.41, 5.74) is 1.49. The van der Waals surface area contributed by atoms with Crippen molar-refractivity contribution in [2.75, 3.05) is 6.61 Å². The molecular weight excluding hydrogens is 375 g/mol. The number of halogens is 2. The minimum absolute atomic E-state index is 0.0274. The van der Waals surface area contributed by atoms with Gasteiger partial charge in [-0.3, -0.25) is 0 Å². The van der Waals surface area contributed by atoms with Crippen molar-refractivity contribution < 1.29 is 19.7 Å². The van der Waals surface area contributed by atoms with Crippen molar-refractivity contribution in [1.82, 2.24) is 0 Å². The number of carboxylic acid groups (broad SMARTS) is 1. The SMILES string of the molecule is CCCCCCOc1cc(Cc2cc(Cl)cc(Cl)c2O)ccc1C(=O)O. The number of aromatic hydroxyl groups is 1. The number of phenols is 1. The van der Waals surface area contributed by atoms with E-state index in [2.05, 4.69) is 6.92 Å². The second-order valence-corrected chi connectivity index (χ2v) is 6.96. The van der Waals surface area contributed by atoms with Gasteiger partial charge in [-0.1, -0.05) is 55.5 Å². The summed E-state index contributed by atoms with van der Waals surface area (Å²) in [5.74, 6) is -0.728. The number of rotatable bonds is 9. The predicted octanol–water partition coefficient (Wildman–Crippen LogP) is 5.95. The Balaban J connectivity index is 2.19. The highest BCUT2D eigenvalue weighted by molar-refractivity contribution is 6.35. The molecule has 0 bridgehead atoms. The van der Waals surface area contributed by atoms with Gasteiger partial charge in [0.1, 0.15) is 17.1 Å². The number of hydrogen-bond acceptors (Lipinski definition) is 3. The molecule has 0 spiro atoms. The van der Waals surface area contributed by atoms with Crippen LogP contribution in [0.15, 0.2) is 30.3 Å². The Hall–Kier alpha value is -1.91. The Labute approximate surface area is 163 Å². The number of phenolic OH excluding ortho intramolecular Hbond substituents is 1. The van der Waals surface area contributed by atoms with Gasteiger partial charge in [-0.2, -0.15) is 0 Å². The average Bonchev–Trinajstić information content (AvgIpc) is 2.59. The third kappa shape index (κ3) is 5.55. The quantitative estimate of drug-likeness (QED) is 0.514. The number of ether oxygens (including phenoxy) is 1. The van der Waals surface area contributed by atoms with Crippen molar-refractivity contribution in [3.8, 4) is 11.5 Å². The third-order valence-corrected chi connectivity index (χ3v) is 4.54. The average molecular weight is 397 g/mol. The second kappa shape index (κ2) is 9.70. The van der Waals surface area contributed by atoms with E-state index in [4.69, 9.17) is 27.9 Å². The molecule has 0 heterocycles. The van der Waals surface area contributed by atoms with Crippen LogP contribution in [-0.4, -0.2) is 22.8 Å². The van der Waals surface area contributed by atoms with E-state index in [0.717, 1.165) is 31.2 Å². The number of carboxylic acids is 1. The maximum Gasteiger partial charge on any atom is 0.339 e. The Morgan fingerprint density at radius 1 is 1.12 bits per heavy atom. The molecule has 0 aliphatic carbocycles. The summed E-state index contributed by atoms with van der Waals surface area (Å²) in [5, 5.41) is 20.1. The van der Waals surface area contributed by atoms with E-state index < -0.39 is 5.97 Å². The molecule has 0 saturated heterocycles. The molecule has 4 nitrogen and oxygen atoms in total. The maximum absolute atomic E-state index is 11.4.